The summed E-state index contributed by atoms with van der Waals surface area (Å²) in [6, 6.07) is 73.0. The van der Waals surface area contributed by atoms with Gasteiger partial charge in [-0.3, -0.25) is 0 Å². The van der Waals surface area contributed by atoms with E-state index >= 15 is 0 Å². The van der Waals surface area contributed by atoms with E-state index in [4.69, 9.17) is 0 Å². The summed E-state index contributed by atoms with van der Waals surface area (Å²) in [6.45, 7) is 0. The Hall–Kier alpha value is -6.48. The first-order chi connectivity index (χ1) is 25.8. The lowest BCUT2D eigenvalue weighted by Gasteiger charge is -2.29. The summed E-state index contributed by atoms with van der Waals surface area (Å²) in [5.74, 6) is 0. The molecule has 244 valence electrons. The Labute approximate surface area is 307 Å². The number of rotatable bonds is 6. The van der Waals surface area contributed by atoms with Gasteiger partial charge >= 0.3 is 0 Å². The minimum Gasteiger partial charge on any atom is -0.309 e. The second-order valence-electron chi connectivity index (χ2n) is 13.3. The van der Waals surface area contributed by atoms with E-state index in [1.165, 1.54) is 75.1 Å². The summed E-state index contributed by atoms with van der Waals surface area (Å²) < 4.78 is 2.62. The third-order valence-corrected chi connectivity index (χ3v) is 11.4. The molecular formula is C50H33NS. The van der Waals surface area contributed by atoms with Crippen LogP contribution in [-0.4, -0.2) is 0 Å². The largest absolute Gasteiger partial charge is 0.309 e. The average Bonchev–Trinajstić information content (AvgIpc) is 3.61. The van der Waals surface area contributed by atoms with Crippen molar-refractivity contribution in [1.29, 1.82) is 0 Å². The van der Waals surface area contributed by atoms with E-state index in [-0.39, 0.29) is 0 Å². The van der Waals surface area contributed by atoms with E-state index in [2.05, 4.69) is 205 Å². The van der Waals surface area contributed by atoms with Crippen molar-refractivity contribution in [3.05, 3.63) is 200 Å². The fourth-order valence-electron chi connectivity index (χ4n) is 7.76. The topological polar surface area (TPSA) is 3.24 Å². The normalized spacial score (nSPS) is 11.5. The summed E-state index contributed by atoms with van der Waals surface area (Å²) in [5.41, 5.74) is 10.7. The van der Waals surface area contributed by atoms with Crippen molar-refractivity contribution in [3.63, 3.8) is 0 Å². The van der Waals surface area contributed by atoms with Crippen molar-refractivity contribution in [2.45, 2.75) is 0 Å². The maximum Gasteiger partial charge on any atom is 0.0540 e. The number of nitrogens with zero attached hydrogens (tertiary/aromatic N) is 1. The molecule has 0 spiro atoms. The van der Waals surface area contributed by atoms with Crippen LogP contribution in [0.3, 0.4) is 0 Å². The molecule has 52 heavy (non-hydrogen) atoms. The van der Waals surface area contributed by atoms with Gasteiger partial charge in [-0.15, -0.1) is 11.3 Å². The first-order valence-electron chi connectivity index (χ1n) is 17.8. The third kappa shape index (κ3) is 5.24. The molecular weight excluding hydrogens is 647 g/mol. The van der Waals surface area contributed by atoms with Crippen LogP contribution < -0.4 is 4.90 Å². The summed E-state index contributed by atoms with van der Waals surface area (Å²) >= 11 is 1.87. The van der Waals surface area contributed by atoms with E-state index < -0.39 is 0 Å². The molecule has 0 fully saturated rings. The third-order valence-electron chi connectivity index (χ3n) is 10.2. The molecule has 0 aliphatic carbocycles. The Morgan fingerprint density at radius 3 is 1.79 bits per heavy atom. The van der Waals surface area contributed by atoms with E-state index in [0.717, 1.165) is 17.1 Å². The first-order valence-corrected chi connectivity index (χ1v) is 18.6. The van der Waals surface area contributed by atoms with Crippen molar-refractivity contribution < 1.29 is 0 Å². The molecule has 0 N–H and O–H groups in total. The van der Waals surface area contributed by atoms with Gasteiger partial charge < -0.3 is 4.90 Å². The second-order valence-corrected chi connectivity index (χ2v) is 14.4. The molecule has 1 aromatic heterocycles. The molecule has 0 radical (unpaired) electrons. The Morgan fingerprint density at radius 1 is 0.327 bits per heavy atom. The molecule has 1 nitrogen and oxygen atoms in total. The first kappa shape index (κ1) is 30.4. The van der Waals surface area contributed by atoms with Gasteiger partial charge in [0.1, 0.15) is 0 Å². The van der Waals surface area contributed by atoms with Crippen LogP contribution in [0.5, 0.6) is 0 Å². The number of benzene rings is 9. The number of anilines is 3. The highest BCUT2D eigenvalue weighted by Gasteiger charge is 2.21. The molecule has 0 atom stereocenters. The predicted molar refractivity (Wildman–Crippen MR) is 225 cm³/mol. The molecule has 0 saturated heterocycles. The van der Waals surface area contributed by atoms with Gasteiger partial charge in [0.15, 0.2) is 0 Å². The van der Waals surface area contributed by atoms with Gasteiger partial charge in [-0.2, -0.15) is 0 Å². The van der Waals surface area contributed by atoms with Crippen LogP contribution in [-0.2, 0) is 0 Å². The lowest BCUT2D eigenvalue weighted by Crippen LogP contribution is -2.11. The predicted octanol–water partition coefficient (Wildman–Crippen LogP) is 14.8. The van der Waals surface area contributed by atoms with Gasteiger partial charge in [-0.1, -0.05) is 152 Å². The van der Waals surface area contributed by atoms with Crippen LogP contribution in [0.4, 0.5) is 17.1 Å². The molecule has 0 unspecified atom stereocenters. The fraction of sp³-hybridized carbons (Fsp3) is 0. The molecule has 0 saturated carbocycles. The summed E-state index contributed by atoms with van der Waals surface area (Å²) in [4.78, 5) is 2.44. The van der Waals surface area contributed by atoms with Crippen LogP contribution >= 0.6 is 11.3 Å². The Morgan fingerprint density at radius 2 is 0.904 bits per heavy atom. The minimum absolute atomic E-state index is 1.11. The quantitative estimate of drug-likeness (QED) is 0.169. The Kier molecular flexibility index (Phi) is 7.41. The summed E-state index contributed by atoms with van der Waals surface area (Å²) in [5, 5.41) is 7.57. The second kappa shape index (κ2) is 12.7. The van der Waals surface area contributed by atoms with Crippen LogP contribution in [0.2, 0.25) is 0 Å². The van der Waals surface area contributed by atoms with E-state index in [1.807, 2.05) is 11.3 Å². The SMILES string of the molecule is c1cc(-c2ccc(N(c3ccccc3-c3cccc4sc5ccccc5c34)c3cccc4ccccc34)cc2)cc(-c2ccc3ccccc3c2)c1. The lowest BCUT2D eigenvalue weighted by molar-refractivity contribution is 1.30. The van der Waals surface area contributed by atoms with E-state index in [9.17, 15) is 0 Å². The Balaban J connectivity index is 1.12. The molecule has 10 aromatic rings. The van der Waals surface area contributed by atoms with Gasteiger partial charge in [0.25, 0.3) is 0 Å². The molecule has 2 heteroatoms. The monoisotopic (exact) mass is 679 g/mol. The van der Waals surface area contributed by atoms with Gasteiger partial charge in [-0.25, -0.2) is 0 Å². The maximum atomic E-state index is 2.44. The molecule has 9 aromatic carbocycles. The summed E-state index contributed by atoms with van der Waals surface area (Å²) in [6.07, 6.45) is 0. The van der Waals surface area contributed by atoms with Crippen LogP contribution in [0, 0.1) is 0 Å². The van der Waals surface area contributed by atoms with E-state index in [1.54, 1.807) is 0 Å². The lowest BCUT2D eigenvalue weighted by atomic mass is 9.96. The highest BCUT2D eigenvalue weighted by molar-refractivity contribution is 7.25. The van der Waals surface area contributed by atoms with Crippen molar-refractivity contribution in [1.82, 2.24) is 0 Å². The fourth-order valence-corrected chi connectivity index (χ4v) is 8.89. The highest BCUT2D eigenvalue weighted by atomic mass is 32.1. The molecule has 0 aliphatic rings. The van der Waals surface area contributed by atoms with Crippen LogP contribution in [0.1, 0.15) is 0 Å². The Bertz CT molecular complexity index is 2910. The van der Waals surface area contributed by atoms with Crippen molar-refractivity contribution in [2.75, 3.05) is 4.90 Å². The number of para-hydroxylation sites is 1. The van der Waals surface area contributed by atoms with Gasteiger partial charge in [0, 0.05) is 36.8 Å². The molecule has 1 heterocycles. The van der Waals surface area contributed by atoms with Crippen LogP contribution in [0.15, 0.2) is 200 Å². The van der Waals surface area contributed by atoms with Gasteiger partial charge in [-0.05, 0) is 92.5 Å². The molecule has 0 amide bonds. The number of hydrogen-bond donors (Lipinski definition) is 0. The molecule has 0 bridgehead atoms. The van der Waals surface area contributed by atoms with Gasteiger partial charge in [0.05, 0.1) is 11.4 Å². The van der Waals surface area contributed by atoms with Crippen molar-refractivity contribution >= 4 is 70.1 Å². The van der Waals surface area contributed by atoms with Crippen molar-refractivity contribution in [2.24, 2.45) is 0 Å². The molecule has 10 rings (SSSR count). The number of fused-ring (bicyclic) bond motifs is 5. The number of thiophene rings is 1. The zero-order valence-corrected chi connectivity index (χ0v) is 29.2. The highest BCUT2D eigenvalue weighted by Crippen LogP contribution is 2.47. The average molecular weight is 680 g/mol. The van der Waals surface area contributed by atoms with E-state index in [0.29, 0.717) is 0 Å². The summed E-state index contributed by atoms with van der Waals surface area (Å²) in [7, 11) is 0. The zero-order chi connectivity index (χ0) is 34.4. The number of hydrogen-bond acceptors (Lipinski definition) is 2. The van der Waals surface area contributed by atoms with Crippen molar-refractivity contribution in [3.8, 4) is 33.4 Å². The van der Waals surface area contributed by atoms with Gasteiger partial charge in [0.2, 0.25) is 0 Å². The minimum atomic E-state index is 1.11. The smallest absolute Gasteiger partial charge is 0.0540 e. The maximum absolute atomic E-state index is 2.44. The molecule has 0 aliphatic heterocycles. The zero-order valence-electron chi connectivity index (χ0n) is 28.4. The van der Waals surface area contributed by atoms with Crippen LogP contribution in [0.25, 0.3) is 75.1 Å². The standard InChI is InChI=1S/C50H33NS/c1-2-14-37-33-40(27-26-34(37)12-1)39-17-9-16-38(32-39)35-28-30-41(31-29-35)51(46-23-10-15-36-13-3-4-18-42(36)46)47-22-7-5-19-43(47)44-21-11-25-49-50(44)45-20-6-8-24-48(45)52-49/h1-33H.